The Bertz CT molecular complexity index is 804. The third-order valence-corrected chi connectivity index (χ3v) is 5.85. The maximum Gasteiger partial charge on any atom is 0.253 e. The van der Waals surface area contributed by atoms with Crippen molar-refractivity contribution in [1.82, 2.24) is 24.3 Å². The van der Waals surface area contributed by atoms with Crippen LogP contribution in [-0.4, -0.2) is 81.9 Å². The van der Waals surface area contributed by atoms with Gasteiger partial charge < -0.3 is 14.4 Å². The Morgan fingerprint density at radius 3 is 2.24 bits per heavy atom. The molecule has 0 bridgehead atoms. The largest absolute Gasteiger partial charge is 0.342 e. The molecule has 2 fully saturated rings. The molecule has 0 spiro atoms. The van der Waals surface area contributed by atoms with Gasteiger partial charge in [0.15, 0.2) is 0 Å². The topological polar surface area (TPSA) is 61.7 Å². The third-order valence-electron chi connectivity index (χ3n) is 5.85. The molecule has 0 aliphatic carbocycles. The van der Waals surface area contributed by atoms with Crippen LogP contribution in [0.15, 0.2) is 43.0 Å². The number of rotatable bonds is 5. The first kappa shape index (κ1) is 19.6. The fraction of sp³-hybridized carbons (Fsp3) is 0.500. The van der Waals surface area contributed by atoms with Gasteiger partial charge in [0.25, 0.3) is 5.91 Å². The van der Waals surface area contributed by atoms with E-state index in [2.05, 4.69) is 9.88 Å². The van der Waals surface area contributed by atoms with Crippen molar-refractivity contribution in [3.05, 3.63) is 54.1 Å². The maximum atomic E-state index is 12.8. The standard InChI is InChI=1S/C22H29N5O2/c28-21(26-9-2-1-3-10-26)17-24-12-14-27(15-13-24)22(29)20-6-4-19(5-7-20)16-25-11-8-23-18-25/h4-8,11,18H,1-3,9-10,12-17H2. The van der Waals surface area contributed by atoms with E-state index in [4.69, 9.17) is 0 Å². The number of likely N-dealkylation sites (tertiary alicyclic amines) is 1. The molecular weight excluding hydrogens is 366 g/mol. The van der Waals surface area contributed by atoms with Gasteiger partial charge in [-0.25, -0.2) is 4.98 Å². The zero-order valence-corrected chi connectivity index (χ0v) is 16.9. The summed E-state index contributed by atoms with van der Waals surface area (Å²) in [5.41, 5.74) is 1.86. The molecule has 1 aromatic heterocycles. The molecule has 0 radical (unpaired) electrons. The van der Waals surface area contributed by atoms with Gasteiger partial charge in [-0.2, -0.15) is 0 Å². The monoisotopic (exact) mass is 395 g/mol. The van der Waals surface area contributed by atoms with Gasteiger partial charge in [-0.15, -0.1) is 0 Å². The van der Waals surface area contributed by atoms with Crippen LogP contribution in [0.5, 0.6) is 0 Å². The fourth-order valence-corrected chi connectivity index (χ4v) is 4.07. The summed E-state index contributed by atoms with van der Waals surface area (Å²) in [4.78, 5) is 35.4. The first-order valence-electron chi connectivity index (χ1n) is 10.5. The van der Waals surface area contributed by atoms with E-state index in [0.717, 1.165) is 56.7 Å². The molecule has 2 aromatic rings. The molecule has 7 heteroatoms. The third kappa shape index (κ3) is 5.03. The highest BCUT2D eigenvalue weighted by Crippen LogP contribution is 2.13. The molecule has 0 saturated carbocycles. The summed E-state index contributed by atoms with van der Waals surface area (Å²) in [7, 11) is 0. The molecule has 3 heterocycles. The van der Waals surface area contributed by atoms with Crippen molar-refractivity contribution < 1.29 is 9.59 Å². The van der Waals surface area contributed by atoms with Gasteiger partial charge in [0.1, 0.15) is 0 Å². The number of aromatic nitrogens is 2. The van der Waals surface area contributed by atoms with Crippen LogP contribution in [0.2, 0.25) is 0 Å². The Balaban J connectivity index is 1.25. The van der Waals surface area contributed by atoms with E-state index in [1.54, 1.807) is 12.5 Å². The van der Waals surface area contributed by atoms with Crippen molar-refractivity contribution in [2.24, 2.45) is 0 Å². The first-order valence-corrected chi connectivity index (χ1v) is 10.5. The Hall–Kier alpha value is -2.67. The van der Waals surface area contributed by atoms with Gasteiger partial charge in [-0.05, 0) is 37.0 Å². The van der Waals surface area contributed by atoms with E-state index in [-0.39, 0.29) is 11.8 Å². The van der Waals surface area contributed by atoms with Gasteiger partial charge in [-0.3, -0.25) is 14.5 Å². The molecule has 29 heavy (non-hydrogen) atoms. The molecule has 154 valence electrons. The molecule has 2 saturated heterocycles. The zero-order valence-electron chi connectivity index (χ0n) is 16.9. The average Bonchev–Trinajstić information content (AvgIpc) is 3.28. The second-order valence-corrected chi connectivity index (χ2v) is 7.94. The van der Waals surface area contributed by atoms with Crippen LogP contribution < -0.4 is 0 Å². The van der Waals surface area contributed by atoms with Crippen LogP contribution >= 0.6 is 0 Å². The number of benzene rings is 1. The molecule has 2 aliphatic rings. The Kier molecular flexibility index (Phi) is 6.24. The van der Waals surface area contributed by atoms with E-state index in [9.17, 15) is 9.59 Å². The summed E-state index contributed by atoms with van der Waals surface area (Å²) in [6, 6.07) is 7.81. The number of imidazole rings is 1. The number of carbonyl (C=O) groups excluding carboxylic acids is 2. The van der Waals surface area contributed by atoms with Crippen molar-refractivity contribution in [1.29, 1.82) is 0 Å². The highest BCUT2D eigenvalue weighted by molar-refractivity contribution is 5.94. The number of amides is 2. The minimum atomic E-state index is 0.0705. The normalized spacial score (nSPS) is 18.1. The number of hydrogen-bond acceptors (Lipinski definition) is 4. The van der Waals surface area contributed by atoms with E-state index < -0.39 is 0 Å². The second kappa shape index (κ2) is 9.22. The van der Waals surface area contributed by atoms with Crippen LogP contribution in [0, 0.1) is 0 Å². The molecule has 2 aliphatic heterocycles. The van der Waals surface area contributed by atoms with Gasteiger partial charge in [0, 0.05) is 63.8 Å². The summed E-state index contributed by atoms with van der Waals surface area (Å²) < 4.78 is 2.00. The minimum absolute atomic E-state index is 0.0705. The predicted molar refractivity (Wildman–Crippen MR) is 111 cm³/mol. The van der Waals surface area contributed by atoms with Crippen molar-refractivity contribution >= 4 is 11.8 Å². The van der Waals surface area contributed by atoms with Crippen LogP contribution in [0.1, 0.15) is 35.2 Å². The highest BCUT2D eigenvalue weighted by Gasteiger charge is 2.25. The van der Waals surface area contributed by atoms with Crippen molar-refractivity contribution in [3.63, 3.8) is 0 Å². The average molecular weight is 396 g/mol. The zero-order chi connectivity index (χ0) is 20.1. The smallest absolute Gasteiger partial charge is 0.253 e. The van der Waals surface area contributed by atoms with Gasteiger partial charge >= 0.3 is 0 Å². The predicted octanol–water partition coefficient (Wildman–Crippen LogP) is 1.70. The van der Waals surface area contributed by atoms with E-state index in [0.29, 0.717) is 19.6 Å². The number of hydrogen-bond donors (Lipinski definition) is 0. The van der Waals surface area contributed by atoms with E-state index in [1.807, 2.05) is 44.8 Å². The molecule has 1 aromatic carbocycles. The first-order chi connectivity index (χ1) is 14.2. The summed E-state index contributed by atoms with van der Waals surface area (Å²) in [6.07, 6.45) is 8.94. The number of piperazine rings is 1. The van der Waals surface area contributed by atoms with Crippen LogP contribution in [0.3, 0.4) is 0 Å². The van der Waals surface area contributed by atoms with Crippen molar-refractivity contribution in [2.75, 3.05) is 45.8 Å². The van der Waals surface area contributed by atoms with Gasteiger partial charge in [0.2, 0.25) is 5.91 Å². The quantitative estimate of drug-likeness (QED) is 0.773. The summed E-state index contributed by atoms with van der Waals surface area (Å²) in [6.45, 7) is 5.87. The molecule has 0 unspecified atom stereocenters. The van der Waals surface area contributed by atoms with Crippen molar-refractivity contribution in [2.45, 2.75) is 25.8 Å². The van der Waals surface area contributed by atoms with Crippen molar-refractivity contribution in [3.8, 4) is 0 Å². The molecule has 0 atom stereocenters. The lowest BCUT2D eigenvalue weighted by atomic mass is 10.1. The van der Waals surface area contributed by atoms with Gasteiger partial charge in [-0.1, -0.05) is 12.1 Å². The van der Waals surface area contributed by atoms with Crippen LogP contribution in [-0.2, 0) is 11.3 Å². The molecule has 0 N–H and O–H groups in total. The molecule has 7 nitrogen and oxygen atoms in total. The summed E-state index contributed by atoms with van der Waals surface area (Å²) in [5.74, 6) is 0.305. The number of piperidine rings is 1. The molecule has 2 amide bonds. The number of nitrogens with zero attached hydrogens (tertiary/aromatic N) is 5. The van der Waals surface area contributed by atoms with Crippen LogP contribution in [0.25, 0.3) is 0 Å². The molecule has 4 rings (SSSR count). The minimum Gasteiger partial charge on any atom is -0.342 e. The Morgan fingerprint density at radius 1 is 0.862 bits per heavy atom. The van der Waals surface area contributed by atoms with Crippen LogP contribution in [0.4, 0.5) is 0 Å². The van der Waals surface area contributed by atoms with Gasteiger partial charge in [0.05, 0.1) is 12.9 Å². The Labute approximate surface area is 171 Å². The van der Waals surface area contributed by atoms with E-state index >= 15 is 0 Å². The SMILES string of the molecule is O=C(CN1CCN(C(=O)c2ccc(Cn3ccnc3)cc2)CC1)N1CCCCC1. The van der Waals surface area contributed by atoms with E-state index in [1.165, 1.54) is 6.42 Å². The lowest BCUT2D eigenvalue weighted by Crippen LogP contribution is -2.52. The Morgan fingerprint density at radius 2 is 1.59 bits per heavy atom. The maximum absolute atomic E-state index is 12.8. The summed E-state index contributed by atoms with van der Waals surface area (Å²) >= 11 is 0. The second-order valence-electron chi connectivity index (χ2n) is 7.94. The highest BCUT2D eigenvalue weighted by atomic mass is 16.2. The summed E-state index contributed by atoms with van der Waals surface area (Å²) in [5, 5.41) is 0. The fourth-order valence-electron chi connectivity index (χ4n) is 4.07. The lowest BCUT2D eigenvalue weighted by molar-refractivity contribution is -0.133. The molecular formula is C22H29N5O2. The number of carbonyl (C=O) groups is 2. The lowest BCUT2D eigenvalue weighted by Gasteiger charge is -2.36.